The molecule has 2 amide bonds. The van der Waals surface area contributed by atoms with E-state index in [-0.39, 0.29) is 18.4 Å². The first kappa shape index (κ1) is 27.5. The number of aromatic nitrogens is 4. The van der Waals surface area contributed by atoms with Crippen molar-refractivity contribution < 1.29 is 19.1 Å². The number of rotatable bonds is 6. The minimum Gasteiger partial charge on any atom is -0.494 e. The van der Waals surface area contributed by atoms with Crippen LogP contribution in [0.1, 0.15) is 43.0 Å². The van der Waals surface area contributed by atoms with E-state index < -0.39 is 0 Å². The number of carbonyl (C=O) groups is 2. The highest BCUT2D eigenvalue weighted by Crippen LogP contribution is 2.44. The van der Waals surface area contributed by atoms with Gasteiger partial charge in [0.05, 0.1) is 29.7 Å². The third-order valence-corrected chi connectivity index (χ3v) is 10.7. The molecule has 0 spiro atoms. The minimum absolute atomic E-state index is 0.0261. The van der Waals surface area contributed by atoms with Gasteiger partial charge in [0.15, 0.2) is 12.4 Å². The second-order valence-electron chi connectivity index (χ2n) is 13.5. The summed E-state index contributed by atoms with van der Waals surface area (Å²) in [5.41, 5.74) is 6.48. The van der Waals surface area contributed by atoms with E-state index in [2.05, 4.69) is 38.4 Å². The Labute approximate surface area is 266 Å². The van der Waals surface area contributed by atoms with Gasteiger partial charge in [-0.3, -0.25) is 9.59 Å². The molecule has 9 rings (SSSR count). The maximum Gasteiger partial charge on any atom is 0.262 e. The molecule has 2 aliphatic heterocycles. The zero-order valence-corrected chi connectivity index (χ0v) is 26.2. The first-order valence-electron chi connectivity index (χ1n) is 16.3. The number of methoxy groups -OCH3 is 1. The summed E-state index contributed by atoms with van der Waals surface area (Å²) in [7, 11) is 3.67. The summed E-state index contributed by atoms with van der Waals surface area (Å²) in [6.07, 6.45) is 4.70. The second-order valence-corrected chi connectivity index (χ2v) is 13.5. The second kappa shape index (κ2) is 10.1. The van der Waals surface area contributed by atoms with Gasteiger partial charge in [-0.25, -0.2) is 9.97 Å². The van der Waals surface area contributed by atoms with E-state index >= 15 is 0 Å². The molecule has 1 saturated heterocycles. The fourth-order valence-corrected chi connectivity index (χ4v) is 7.99. The highest BCUT2D eigenvalue weighted by Gasteiger charge is 2.46. The van der Waals surface area contributed by atoms with Crippen LogP contribution < -0.4 is 14.8 Å². The van der Waals surface area contributed by atoms with Crippen LogP contribution >= 0.6 is 0 Å². The van der Waals surface area contributed by atoms with Crippen molar-refractivity contribution in [3.8, 4) is 34.3 Å². The van der Waals surface area contributed by atoms with Gasteiger partial charge in [-0.1, -0.05) is 6.92 Å². The molecule has 3 atom stereocenters. The van der Waals surface area contributed by atoms with Crippen LogP contribution in [-0.4, -0.2) is 62.1 Å². The summed E-state index contributed by atoms with van der Waals surface area (Å²) < 4.78 is 15.8. The highest BCUT2D eigenvalue weighted by atomic mass is 16.5. The number of pyridine rings is 1. The van der Waals surface area contributed by atoms with Crippen LogP contribution in [0.25, 0.3) is 44.8 Å². The van der Waals surface area contributed by atoms with Crippen molar-refractivity contribution in [3.63, 3.8) is 0 Å². The van der Waals surface area contributed by atoms with E-state index in [1.807, 2.05) is 43.4 Å². The fraction of sp³-hybridized carbons (Fsp3) is 0.389. The summed E-state index contributed by atoms with van der Waals surface area (Å²) in [5.74, 6) is 3.78. The molecule has 2 bridgehead atoms. The molecular weight excluding hydrogens is 580 g/mol. The predicted octanol–water partition coefficient (Wildman–Crippen LogP) is 5.88. The Kier molecular flexibility index (Phi) is 6.01. The van der Waals surface area contributed by atoms with Gasteiger partial charge in [0.2, 0.25) is 0 Å². The number of fused-ring (bicyclic) bond motifs is 5. The van der Waals surface area contributed by atoms with Crippen molar-refractivity contribution in [1.29, 1.82) is 0 Å². The van der Waals surface area contributed by atoms with Gasteiger partial charge >= 0.3 is 0 Å². The monoisotopic (exact) mass is 616 g/mol. The number of nitrogens with one attached hydrogen (secondary N) is 1. The largest absolute Gasteiger partial charge is 0.494 e. The third-order valence-electron chi connectivity index (χ3n) is 10.7. The van der Waals surface area contributed by atoms with E-state index in [1.54, 1.807) is 7.11 Å². The average molecular weight is 617 g/mol. The topological polar surface area (TPSA) is 104 Å². The molecule has 3 aromatic heterocycles. The number of nitrogens with zero attached hydrogens (tertiary/aromatic N) is 5. The van der Waals surface area contributed by atoms with Crippen molar-refractivity contribution >= 4 is 39.6 Å². The van der Waals surface area contributed by atoms with E-state index in [0.717, 1.165) is 64.4 Å². The summed E-state index contributed by atoms with van der Waals surface area (Å²) in [4.78, 5) is 38.1. The number of piperidine rings is 1. The van der Waals surface area contributed by atoms with E-state index in [4.69, 9.17) is 19.4 Å². The van der Waals surface area contributed by atoms with Gasteiger partial charge in [0, 0.05) is 42.7 Å². The van der Waals surface area contributed by atoms with Crippen LogP contribution in [0, 0.1) is 17.8 Å². The number of likely N-dealkylation sites (tertiary alicyclic amines) is 1. The molecule has 1 N–H and O–H groups in total. The number of aryl methyl sites for hydroxylation is 1. The molecule has 2 aliphatic carbocycles. The highest BCUT2D eigenvalue weighted by molar-refractivity contribution is 6.01. The van der Waals surface area contributed by atoms with Gasteiger partial charge < -0.3 is 28.8 Å². The molecule has 5 aromatic rings. The van der Waals surface area contributed by atoms with E-state index in [0.29, 0.717) is 46.5 Å². The number of hydrogen-bond acceptors (Lipinski definition) is 6. The molecule has 5 heterocycles. The van der Waals surface area contributed by atoms with Crippen molar-refractivity contribution in [2.24, 2.45) is 24.8 Å². The Hall–Kier alpha value is -4.86. The van der Waals surface area contributed by atoms with Crippen LogP contribution in [0.4, 0.5) is 5.69 Å². The maximum absolute atomic E-state index is 13.8. The van der Waals surface area contributed by atoms with E-state index in [9.17, 15) is 9.59 Å². The van der Waals surface area contributed by atoms with Crippen LogP contribution in [0.15, 0.2) is 48.5 Å². The van der Waals surface area contributed by atoms with Crippen LogP contribution in [0.3, 0.4) is 0 Å². The quantitative estimate of drug-likeness (QED) is 0.256. The number of carbonyl (C=O) groups excluding carboxylic acids is 2. The Bertz CT molecular complexity index is 2090. The van der Waals surface area contributed by atoms with Crippen molar-refractivity contribution in [1.82, 2.24) is 24.0 Å². The summed E-state index contributed by atoms with van der Waals surface area (Å²) in [5, 5.41) is 3.93. The molecule has 234 valence electrons. The molecular formula is C36H36N6O4. The molecule has 2 unspecified atom stereocenters. The zero-order chi connectivity index (χ0) is 31.3. The van der Waals surface area contributed by atoms with E-state index in [1.165, 1.54) is 19.3 Å². The molecule has 0 radical (unpaired) electrons. The molecule has 46 heavy (non-hydrogen) atoms. The smallest absolute Gasteiger partial charge is 0.262 e. The molecule has 10 nitrogen and oxygen atoms in total. The maximum atomic E-state index is 13.8. The van der Waals surface area contributed by atoms with Crippen LogP contribution in [0.2, 0.25) is 0 Å². The third kappa shape index (κ3) is 4.22. The molecule has 2 aromatic carbocycles. The SMILES string of the molecule is COc1cc(C(=O)N2CC3CCC2[C@@H]3C)cc2nc(-c3cc4ccc(-c5ccc6c(c5)NC(=O)CO6)nc4n3CC3CC3)n(C)c12. The Morgan fingerprint density at radius 1 is 1.07 bits per heavy atom. The number of ether oxygens (including phenoxy) is 2. The molecule has 2 saturated carbocycles. The molecule has 10 heteroatoms. The van der Waals surface area contributed by atoms with Gasteiger partial charge in [0.1, 0.15) is 22.7 Å². The van der Waals surface area contributed by atoms with Crippen LogP contribution in [-0.2, 0) is 18.4 Å². The molecule has 3 fully saturated rings. The lowest BCUT2D eigenvalue weighted by atomic mass is 10.0. The molecule has 4 aliphatic rings. The van der Waals surface area contributed by atoms with Crippen molar-refractivity contribution in [3.05, 3.63) is 54.1 Å². The summed E-state index contributed by atoms with van der Waals surface area (Å²) in [6, 6.07) is 16.2. The standard InChI is InChI=1S/C36H36N6O4/c1-19-23-7-10-28(19)42(17-23)36(44)24-13-27-33(31(15-24)45-3)40(2)35(39-27)29-14-22-6-9-25(38-34(22)41(29)16-20-4-5-20)21-8-11-30-26(12-21)37-32(43)18-46-30/h6,8-9,11-15,19-20,23,28H,4-5,7,10,16-18H2,1-3H3,(H,37,43)/t19-,23?,28?/m1/s1. The van der Waals surface area contributed by atoms with Crippen LogP contribution in [0.5, 0.6) is 11.5 Å². The fourth-order valence-electron chi connectivity index (χ4n) is 7.99. The van der Waals surface area contributed by atoms with Gasteiger partial charge in [-0.2, -0.15) is 0 Å². The zero-order valence-electron chi connectivity index (χ0n) is 26.2. The average Bonchev–Trinajstić information content (AvgIpc) is 3.47. The number of benzene rings is 2. The Balaban J connectivity index is 1.14. The first-order chi connectivity index (χ1) is 22.4. The van der Waals surface area contributed by atoms with Gasteiger partial charge in [-0.05, 0) is 92.0 Å². The summed E-state index contributed by atoms with van der Waals surface area (Å²) in [6.45, 7) is 3.99. The minimum atomic E-state index is -0.163. The Morgan fingerprint density at radius 3 is 2.70 bits per heavy atom. The first-order valence-corrected chi connectivity index (χ1v) is 16.3. The predicted molar refractivity (Wildman–Crippen MR) is 175 cm³/mol. The lowest BCUT2D eigenvalue weighted by molar-refractivity contribution is -0.118. The number of hydrogen-bond donors (Lipinski definition) is 1. The van der Waals surface area contributed by atoms with Gasteiger partial charge in [-0.15, -0.1) is 0 Å². The Morgan fingerprint density at radius 2 is 1.93 bits per heavy atom. The number of imidazole rings is 1. The van der Waals surface area contributed by atoms with Crippen molar-refractivity contribution in [2.75, 3.05) is 25.6 Å². The lowest BCUT2D eigenvalue weighted by Gasteiger charge is -2.27. The number of amides is 2. The lowest BCUT2D eigenvalue weighted by Crippen LogP contribution is -2.38. The van der Waals surface area contributed by atoms with Gasteiger partial charge in [0.25, 0.3) is 11.8 Å². The number of anilines is 1. The normalized spacial score (nSPS) is 21.9. The van der Waals surface area contributed by atoms with Crippen molar-refractivity contribution in [2.45, 2.75) is 45.2 Å². The summed E-state index contributed by atoms with van der Waals surface area (Å²) >= 11 is 0.